The van der Waals surface area contributed by atoms with Gasteiger partial charge in [-0.05, 0) is 42.8 Å². The molecule has 0 aliphatic carbocycles. The molecule has 3 rings (SSSR count). The number of aromatic carboxylic acids is 1. The fourth-order valence-corrected chi connectivity index (χ4v) is 2.78. The van der Waals surface area contributed by atoms with Crippen LogP contribution in [0.5, 0.6) is 5.75 Å². The maximum absolute atomic E-state index is 11.4. The maximum atomic E-state index is 11.4. The highest BCUT2D eigenvalue weighted by Crippen LogP contribution is 2.26. The van der Waals surface area contributed by atoms with Crippen LogP contribution in [0, 0.1) is 0 Å². The number of nitrogens with zero attached hydrogens (tertiary/aromatic N) is 1. The fraction of sp³-hybridized carbons (Fsp3) is 0.158. The van der Waals surface area contributed by atoms with Crippen LogP contribution in [-0.4, -0.2) is 28.5 Å². The summed E-state index contributed by atoms with van der Waals surface area (Å²) in [7, 11) is 0. The fourth-order valence-electron chi connectivity index (χ4n) is 2.78. The van der Waals surface area contributed by atoms with Gasteiger partial charge in [0.1, 0.15) is 5.75 Å². The highest BCUT2D eigenvalue weighted by atomic mass is 16.5. The van der Waals surface area contributed by atoms with E-state index >= 15 is 0 Å². The summed E-state index contributed by atoms with van der Waals surface area (Å²) in [5.74, 6) is -0.233. The molecule has 0 saturated carbocycles. The number of hydrogen-bond donors (Lipinski definition) is 1. The van der Waals surface area contributed by atoms with Gasteiger partial charge in [-0.2, -0.15) is 0 Å². The Bertz CT molecular complexity index is 911. The molecule has 0 spiro atoms. The summed E-state index contributed by atoms with van der Waals surface area (Å²) in [6.45, 7) is 2.95. The Kier molecular flexibility index (Phi) is 4.33. The number of fused-ring (bicyclic) bond motifs is 1. The molecule has 0 fully saturated rings. The van der Waals surface area contributed by atoms with Gasteiger partial charge in [0.15, 0.2) is 6.29 Å². The van der Waals surface area contributed by atoms with Crippen molar-refractivity contribution >= 4 is 23.2 Å². The average Bonchev–Trinajstić information content (AvgIpc) is 2.92. The number of carboxylic acid groups (broad SMARTS) is 1. The average molecular weight is 323 g/mol. The Labute approximate surface area is 139 Å². The molecule has 5 nitrogen and oxygen atoms in total. The molecule has 0 aliphatic heterocycles. The highest BCUT2D eigenvalue weighted by molar-refractivity contribution is 5.98. The van der Waals surface area contributed by atoms with E-state index < -0.39 is 5.97 Å². The van der Waals surface area contributed by atoms with Crippen LogP contribution in [0.3, 0.4) is 0 Å². The molecule has 1 aromatic heterocycles. The maximum Gasteiger partial charge on any atom is 0.335 e. The summed E-state index contributed by atoms with van der Waals surface area (Å²) >= 11 is 0. The lowest BCUT2D eigenvalue weighted by molar-refractivity contribution is 0.0696. The molecule has 5 heteroatoms. The van der Waals surface area contributed by atoms with Crippen molar-refractivity contribution in [1.82, 2.24) is 4.57 Å². The van der Waals surface area contributed by atoms with Crippen LogP contribution in [0.15, 0.2) is 48.7 Å². The number of carboxylic acids is 1. The molecule has 3 aromatic rings. The van der Waals surface area contributed by atoms with Crippen molar-refractivity contribution < 1.29 is 19.4 Å². The van der Waals surface area contributed by atoms with Crippen LogP contribution in [0.4, 0.5) is 0 Å². The van der Waals surface area contributed by atoms with Gasteiger partial charge in [-0.3, -0.25) is 4.79 Å². The van der Waals surface area contributed by atoms with Gasteiger partial charge in [0, 0.05) is 29.2 Å². The second-order valence-electron chi connectivity index (χ2n) is 5.45. The van der Waals surface area contributed by atoms with Crippen LogP contribution in [0.25, 0.3) is 10.9 Å². The van der Waals surface area contributed by atoms with Gasteiger partial charge in [0.25, 0.3) is 0 Å². The molecule has 1 heterocycles. The zero-order valence-corrected chi connectivity index (χ0v) is 13.2. The molecule has 0 radical (unpaired) electrons. The van der Waals surface area contributed by atoms with E-state index in [-0.39, 0.29) is 5.56 Å². The molecule has 0 unspecified atom stereocenters. The third-order valence-electron chi connectivity index (χ3n) is 3.85. The van der Waals surface area contributed by atoms with E-state index in [2.05, 4.69) is 0 Å². The first kappa shape index (κ1) is 15.8. The molecule has 1 N–H and O–H groups in total. The van der Waals surface area contributed by atoms with E-state index in [0.29, 0.717) is 18.7 Å². The number of ether oxygens (including phenoxy) is 1. The highest BCUT2D eigenvalue weighted by Gasteiger charge is 2.11. The minimum Gasteiger partial charge on any atom is -0.494 e. The van der Waals surface area contributed by atoms with Crippen molar-refractivity contribution in [2.75, 3.05) is 6.61 Å². The van der Waals surface area contributed by atoms with E-state index in [1.54, 1.807) is 24.4 Å². The van der Waals surface area contributed by atoms with E-state index in [0.717, 1.165) is 28.5 Å². The molecule has 0 amide bonds. The summed E-state index contributed by atoms with van der Waals surface area (Å²) in [4.78, 5) is 22.5. The van der Waals surface area contributed by atoms with Gasteiger partial charge in [-0.1, -0.05) is 12.1 Å². The van der Waals surface area contributed by atoms with Crippen LogP contribution >= 0.6 is 0 Å². The number of rotatable bonds is 6. The summed E-state index contributed by atoms with van der Waals surface area (Å²) in [6, 6.07) is 12.4. The summed E-state index contributed by atoms with van der Waals surface area (Å²) in [5.41, 5.74) is 2.60. The zero-order chi connectivity index (χ0) is 17.1. The Morgan fingerprint density at radius 1 is 1.25 bits per heavy atom. The second kappa shape index (κ2) is 6.58. The van der Waals surface area contributed by atoms with Crippen molar-refractivity contribution in [3.05, 3.63) is 65.4 Å². The van der Waals surface area contributed by atoms with Crippen molar-refractivity contribution in [1.29, 1.82) is 0 Å². The van der Waals surface area contributed by atoms with Crippen LogP contribution in [-0.2, 0) is 6.54 Å². The number of carbonyl (C=O) groups is 2. The summed E-state index contributed by atoms with van der Waals surface area (Å²) < 4.78 is 7.43. The first-order valence-electron chi connectivity index (χ1n) is 7.65. The summed E-state index contributed by atoms with van der Waals surface area (Å²) in [6.07, 6.45) is 2.60. The topological polar surface area (TPSA) is 68.5 Å². The van der Waals surface area contributed by atoms with Gasteiger partial charge < -0.3 is 14.4 Å². The minimum atomic E-state index is -0.954. The van der Waals surface area contributed by atoms with Crippen molar-refractivity contribution in [3.8, 4) is 5.75 Å². The van der Waals surface area contributed by atoms with Crippen LogP contribution in [0.1, 0.15) is 33.2 Å². The normalized spacial score (nSPS) is 10.7. The van der Waals surface area contributed by atoms with Crippen molar-refractivity contribution in [2.24, 2.45) is 0 Å². The molecule has 122 valence electrons. The lowest BCUT2D eigenvalue weighted by Gasteiger charge is -2.08. The van der Waals surface area contributed by atoms with Crippen LogP contribution < -0.4 is 4.74 Å². The molecule has 0 aliphatic rings. The second-order valence-corrected chi connectivity index (χ2v) is 5.45. The van der Waals surface area contributed by atoms with Gasteiger partial charge in [-0.25, -0.2) is 4.79 Å². The molecular weight excluding hydrogens is 306 g/mol. The Morgan fingerprint density at radius 3 is 2.79 bits per heavy atom. The third kappa shape index (κ3) is 3.01. The third-order valence-corrected chi connectivity index (χ3v) is 3.85. The SMILES string of the molecule is CCOc1ccc2c(c1)c(C=O)cn2Cc1cccc(C(=O)O)c1. The zero-order valence-electron chi connectivity index (χ0n) is 13.2. The van der Waals surface area contributed by atoms with Crippen LogP contribution in [0.2, 0.25) is 0 Å². The lowest BCUT2D eigenvalue weighted by atomic mass is 10.1. The van der Waals surface area contributed by atoms with E-state index in [1.807, 2.05) is 35.8 Å². The predicted octanol–water partition coefficient (Wildman–Crippen LogP) is 3.60. The number of aldehydes is 1. The quantitative estimate of drug-likeness (QED) is 0.704. The molecule has 2 aromatic carbocycles. The van der Waals surface area contributed by atoms with Crippen molar-refractivity contribution in [2.45, 2.75) is 13.5 Å². The lowest BCUT2D eigenvalue weighted by Crippen LogP contribution is -2.01. The van der Waals surface area contributed by atoms with Gasteiger partial charge in [-0.15, -0.1) is 0 Å². The minimum absolute atomic E-state index is 0.248. The Morgan fingerprint density at radius 2 is 2.08 bits per heavy atom. The smallest absolute Gasteiger partial charge is 0.335 e. The van der Waals surface area contributed by atoms with E-state index in [9.17, 15) is 9.59 Å². The molecule has 24 heavy (non-hydrogen) atoms. The molecular formula is C19H17NO4. The number of benzene rings is 2. The molecule has 0 saturated heterocycles. The standard InChI is InChI=1S/C19H17NO4/c1-2-24-16-6-7-18-17(9-16)15(12-21)11-20(18)10-13-4-3-5-14(8-13)19(22)23/h3-9,11-12H,2,10H2,1H3,(H,22,23). The first-order chi connectivity index (χ1) is 11.6. The first-order valence-corrected chi connectivity index (χ1v) is 7.65. The van der Waals surface area contributed by atoms with E-state index in [4.69, 9.17) is 9.84 Å². The van der Waals surface area contributed by atoms with Gasteiger partial charge >= 0.3 is 5.97 Å². The van der Waals surface area contributed by atoms with Crippen molar-refractivity contribution in [3.63, 3.8) is 0 Å². The van der Waals surface area contributed by atoms with E-state index in [1.165, 1.54) is 0 Å². The van der Waals surface area contributed by atoms with Gasteiger partial charge in [0.05, 0.1) is 12.2 Å². The Hall–Kier alpha value is -3.08. The number of carbonyl (C=O) groups excluding carboxylic acids is 1. The number of aromatic nitrogens is 1. The van der Waals surface area contributed by atoms with Gasteiger partial charge in [0.2, 0.25) is 0 Å². The number of hydrogen-bond acceptors (Lipinski definition) is 3. The predicted molar refractivity (Wildman–Crippen MR) is 91.0 cm³/mol. The monoisotopic (exact) mass is 323 g/mol. The Balaban J connectivity index is 2.02. The molecule has 0 atom stereocenters. The summed E-state index contributed by atoms with van der Waals surface area (Å²) in [5, 5.41) is 9.93. The molecule has 0 bridgehead atoms. The largest absolute Gasteiger partial charge is 0.494 e.